The van der Waals surface area contributed by atoms with E-state index in [2.05, 4.69) is 0 Å². The van der Waals surface area contributed by atoms with E-state index < -0.39 is 6.10 Å². The summed E-state index contributed by atoms with van der Waals surface area (Å²) in [6.07, 6.45) is -0.602. The van der Waals surface area contributed by atoms with Gasteiger partial charge in [0.2, 0.25) is 0 Å². The summed E-state index contributed by atoms with van der Waals surface area (Å²) in [7, 11) is 0. The lowest BCUT2D eigenvalue weighted by molar-refractivity contribution is 0.0652. The summed E-state index contributed by atoms with van der Waals surface area (Å²) in [6.45, 7) is 2.53. The Bertz CT molecular complexity index is 642. The molecule has 0 bridgehead atoms. The van der Waals surface area contributed by atoms with Crippen molar-refractivity contribution < 1.29 is 19.0 Å². The molecular formula is C17H17FO3. The van der Waals surface area contributed by atoms with Crippen LogP contribution in [0, 0.1) is 5.82 Å². The predicted molar refractivity (Wildman–Crippen MR) is 77.0 cm³/mol. The second kappa shape index (κ2) is 5.74. The van der Waals surface area contributed by atoms with Crippen molar-refractivity contribution >= 4 is 0 Å². The normalized spacial score (nSPS) is 20.5. The number of hydrogen-bond donors (Lipinski definition) is 1. The van der Waals surface area contributed by atoms with E-state index >= 15 is 0 Å². The highest BCUT2D eigenvalue weighted by molar-refractivity contribution is 5.39. The molecule has 0 aromatic heterocycles. The van der Waals surface area contributed by atoms with Crippen molar-refractivity contribution in [2.75, 3.05) is 6.61 Å². The third-order valence-corrected chi connectivity index (χ3v) is 3.58. The number of aliphatic hydroxyl groups is 1. The van der Waals surface area contributed by atoms with Gasteiger partial charge >= 0.3 is 0 Å². The molecule has 2 aromatic carbocycles. The summed E-state index contributed by atoms with van der Waals surface area (Å²) in [6, 6.07) is 11.9. The third kappa shape index (κ3) is 2.85. The molecule has 1 N–H and O–H groups in total. The maximum atomic E-state index is 13.2. The minimum atomic E-state index is -0.731. The van der Waals surface area contributed by atoms with E-state index in [4.69, 9.17) is 9.47 Å². The lowest BCUT2D eigenvalue weighted by Crippen LogP contribution is -2.19. The van der Waals surface area contributed by atoms with Crippen LogP contribution in [0.3, 0.4) is 0 Å². The van der Waals surface area contributed by atoms with Crippen molar-refractivity contribution in [3.63, 3.8) is 0 Å². The van der Waals surface area contributed by atoms with Crippen molar-refractivity contribution in [1.29, 1.82) is 0 Å². The van der Waals surface area contributed by atoms with Crippen LogP contribution in [0.5, 0.6) is 11.5 Å². The smallest absolute Gasteiger partial charge is 0.127 e. The fourth-order valence-corrected chi connectivity index (χ4v) is 2.59. The zero-order chi connectivity index (χ0) is 14.8. The summed E-state index contributed by atoms with van der Waals surface area (Å²) in [5.41, 5.74) is 1.45. The molecule has 2 aromatic rings. The Labute approximate surface area is 122 Å². The Morgan fingerprint density at radius 1 is 1.29 bits per heavy atom. The number of rotatable bonds is 3. The predicted octanol–water partition coefficient (Wildman–Crippen LogP) is 3.78. The Hall–Kier alpha value is -2.07. The first-order valence-electron chi connectivity index (χ1n) is 7.04. The molecule has 0 saturated heterocycles. The van der Waals surface area contributed by atoms with Crippen molar-refractivity contribution in [3.05, 3.63) is 59.4 Å². The number of ether oxygens (including phenoxy) is 2. The first-order valence-corrected chi connectivity index (χ1v) is 7.04. The van der Waals surface area contributed by atoms with Crippen LogP contribution in [-0.2, 0) is 0 Å². The van der Waals surface area contributed by atoms with Gasteiger partial charge in [-0.3, -0.25) is 0 Å². The molecule has 0 fully saturated rings. The van der Waals surface area contributed by atoms with Gasteiger partial charge in [0.05, 0.1) is 12.7 Å². The van der Waals surface area contributed by atoms with Gasteiger partial charge in [0, 0.05) is 12.0 Å². The first kappa shape index (κ1) is 13.9. The van der Waals surface area contributed by atoms with E-state index in [-0.39, 0.29) is 11.9 Å². The molecule has 4 heteroatoms. The third-order valence-electron chi connectivity index (χ3n) is 3.58. The fraction of sp³-hybridized carbons (Fsp3) is 0.294. The quantitative estimate of drug-likeness (QED) is 0.934. The van der Waals surface area contributed by atoms with Crippen molar-refractivity contribution in [2.45, 2.75) is 25.6 Å². The molecule has 0 radical (unpaired) electrons. The van der Waals surface area contributed by atoms with Crippen LogP contribution in [0.2, 0.25) is 0 Å². The second-order valence-corrected chi connectivity index (χ2v) is 5.05. The summed E-state index contributed by atoms with van der Waals surface area (Å²) in [5, 5.41) is 10.2. The second-order valence-electron chi connectivity index (χ2n) is 5.05. The maximum Gasteiger partial charge on any atom is 0.127 e. The highest BCUT2D eigenvalue weighted by atomic mass is 19.1. The highest BCUT2D eigenvalue weighted by Crippen LogP contribution is 2.41. The van der Waals surface area contributed by atoms with Gasteiger partial charge in [-0.15, -0.1) is 0 Å². The van der Waals surface area contributed by atoms with Crippen LogP contribution in [0.4, 0.5) is 4.39 Å². The number of fused-ring (bicyclic) bond motifs is 1. The zero-order valence-corrected chi connectivity index (χ0v) is 11.8. The lowest BCUT2D eigenvalue weighted by Gasteiger charge is -2.30. The number of aliphatic hydroxyl groups excluding tert-OH is 1. The number of hydrogen-bond acceptors (Lipinski definition) is 3. The molecule has 0 aliphatic carbocycles. The van der Waals surface area contributed by atoms with E-state index in [1.165, 1.54) is 12.1 Å². The topological polar surface area (TPSA) is 38.7 Å². The molecule has 1 heterocycles. The summed E-state index contributed by atoms with van der Waals surface area (Å²) in [5.74, 6) is 0.938. The maximum absolute atomic E-state index is 13.2. The van der Waals surface area contributed by atoms with Gasteiger partial charge in [-0.25, -0.2) is 4.39 Å². The lowest BCUT2D eigenvalue weighted by atomic mass is 9.95. The van der Waals surface area contributed by atoms with Gasteiger partial charge in [0.25, 0.3) is 0 Å². The summed E-state index contributed by atoms with van der Waals surface area (Å²) < 4.78 is 24.6. The molecule has 21 heavy (non-hydrogen) atoms. The van der Waals surface area contributed by atoms with E-state index in [0.717, 1.165) is 11.3 Å². The van der Waals surface area contributed by atoms with Crippen molar-refractivity contribution in [1.82, 2.24) is 0 Å². The zero-order valence-electron chi connectivity index (χ0n) is 11.8. The highest BCUT2D eigenvalue weighted by Gasteiger charge is 2.28. The van der Waals surface area contributed by atoms with Crippen LogP contribution >= 0.6 is 0 Å². The van der Waals surface area contributed by atoms with E-state index in [0.29, 0.717) is 24.3 Å². The van der Waals surface area contributed by atoms with Gasteiger partial charge in [0.1, 0.15) is 23.4 Å². The molecule has 1 aliphatic rings. The van der Waals surface area contributed by atoms with Crippen LogP contribution in [-0.4, -0.2) is 11.7 Å². The molecule has 0 amide bonds. The summed E-state index contributed by atoms with van der Waals surface area (Å²) in [4.78, 5) is 0. The molecule has 1 unspecified atom stereocenters. The molecule has 0 saturated carbocycles. The van der Waals surface area contributed by atoms with E-state index in [1.54, 1.807) is 6.07 Å². The van der Waals surface area contributed by atoms with Gasteiger partial charge in [0.15, 0.2) is 0 Å². The van der Waals surface area contributed by atoms with Gasteiger partial charge < -0.3 is 14.6 Å². The van der Waals surface area contributed by atoms with E-state index in [9.17, 15) is 9.50 Å². The van der Waals surface area contributed by atoms with Crippen LogP contribution in [0.25, 0.3) is 0 Å². The Morgan fingerprint density at radius 3 is 2.95 bits per heavy atom. The Morgan fingerprint density at radius 2 is 2.14 bits per heavy atom. The SMILES string of the molecule is CCOc1cccc(C2C[C@@H](O)c3cc(F)ccc3O2)c1. The van der Waals surface area contributed by atoms with Crippen LogP contribution in [0.1, 0.15) is 36.7 Å². The number of halogens is 1. The van der Waals surface area contributed by atoms with Crippen LogP contribution in [0.15, 0.2) is 42.5 Å². The largest absolute Gasteiger partial charge is 0.494 e. The molecule has 110 valence electrons. The standard InChI is InChI=1S/C17H17FO3/c1-2-20-13-5-3-4-11(8-13)17-10-15(19)14-9-12(18)6-7-16(14)21-17/h3-9,15,17,19H,2,10H2,1H3/t15-,17?/m1/s1. The Balaban J connectivity index is 1.88. The average molecular weight is 288 g/mol. The minimum Gasteiger partial charge on any atom is -0.494 e. The van der Waals surface area contributed by atoms with Crippen molar-refractivity contribution in [2.24, 2.45) is 0 Å². The molecular weight excluding hydrogens is 271 g/mol. The molecule has 0 spiro atoms. The molecule has 3 rings (SSSR count). The first-order chi connectivity index (χ1) is 10.2. The van der Waals surface area contributed by atoms with Crippen molar-refractivity contribution in [3.8, 4) is 11.5 Å². The monoisotopic (exact) mass is 288 g/mol. The molecule has 3 nitrogen and oxygen atoms in total. The van der Waals surface area contributed by atoms with E-state index in [1.807, 2.05) is 31.2 Å². The fourth-order valence-electron chi connectivity index (χ4n) is 2.59. The minimum absolute atomic E-state index is 0.265. The number of benzene rings is 2. The molecule has 2 atom stereocenters. The average Bonchev–Trinajstić information content (AvgIpc) is 2.48. The summed E-state index contributed by atoms with van der Waals surface area (Å²) >= 11 is 0. The van der Waals surface area contributed by atoms with Gasteiger partial charge in [-0.05, 0) is 42.8 Å². The van der Waals surface area contributed by atoms with Crippen LogP contribution < -0.4 is 9.47 Å². The van der Waals surface area contributed by atoms with Gasteiger partial charge in [-0.2, -0.15) is 0 Å². The Kier molecular flexibility index (Phi) is 3.80. The molecule has 1 aliphatic heterocycles. The van der Waals surface area contributed by atoms with Gasteiger partial charge in [-0.1, -0.05) is 12.1 Å².